The molecular weight excluding hydrogens is 210 g/mol. The number of nitrogens with zero attached hydrogens (tertiary/aromatic N) is 1. The lowest BCUT2D eigenvalue weighted by Crippen LogP contribution is -2.39. The van der Waals surface area contributed by atoms with Crippen molar-refractivity contribution in [3.63, 3.8) is 0 Å². The van der Waals surface area contributed by atoms with Gasteiger partial charge in [0.25, 0.3) is 0 Å². The third kappa shape index (κ3) is 4.32. The van der Waals surface area contributed by atoms with Gasteiger partial charge < -0.3 is 5.11 Å². The monoisotopic (exact) mass is 237 g/mol. The number of hydrogen-bond acceptors (Lipinski definition) is 2. The largest absolute Gasteiger partial charge is 0.391 e. The second kappa shape index (κ2) is 7.71. The first-order chi connectivity index (χ1) is 8.25. The molecule has 0 aromatic rings. The van der Waals surface area contributed by atoms with E-state index in [0.717, 1.165) is 32.1 Å². The third-order valence-electron chi connectivity index (χ3n) is 4.19. The second-order valence-electron chi connectivity index (χ2n) is 5.55. The fourth-order valence-electron chi connectivity index (χ4n) is 2.65. The standard InChI is InChI=1S/C15H27NO/c1-2-3-4-5-6-7-8-10-14(17)15(13-16)11-9-12-15/h14,17H,2-12H2,1H3. The summed E-state index contributed by atoms with van der Waals surface area (Å²) in [6.45, 7) is 2.23. The Morgan fingerprint density at radius 2 is 1.71 bits per heavy atom. The summed E-state index contributed by atoms with van der Waals surface area (Å²) in [4.78, 5) is 0. The molecule has 0 saturated heterocycles. The minimum atomic E-state index is -0.378. The van der Waals surface area contributed by atoms with Crippen molar-refractivity contribution in [3.05, 3.63) is 0 Å². The molecule has 0 aliphatic heterocycles. The molecule has 0 heterocycles. The molecule has 0 amide bonds. The van der Waals surface area contributed by atoms with Gasteiger partial charge in [0, 0.05) is 0 Å². The summed E-state index contributed by atoms with van der Waals surface area (Å²) in [5, 5.41) is 19.1. The van der Waals surface area contributed by atoms with E-state index < -0.39 is 0 Å². The van der Waals surface area contributed by atoms with Crippen molar-refractivity contribution in [1.29, 1.82) is 5.26 Å². The number of rotatable bonds is 9. The summed E-state index contributed by atoms with van der Waals surface area (Å²) < 4.78 is 0. The smallest absolute Gasteiger partial charge is 0.0832 e. The van der Waals surface area contributed by atoms with E-state index in [0.29, 0.717) is 0 Å². The van der Waals surface area contributed by atoms with Crippen LogP contribution in [0.3, 0.4) is 0 Å². The highest BCUT2D eigenvalue weighted by Gasteiger charge is 2.43. The van der Waals surface area contributed by atoms with E-state index in [1.54, 1.807) is 0 Å². The van der Waals surface area contributed by atoms with E-state index in [9.17, 15) is 5.11 Å². The highest BCUT2D eigenvalue weighted by molar-refractivity contribution is 5.08. The van der Waals surface area contributed by atoms with Crippen molar-refractivity contribution in [2.24, 2.45) is 5.41 Å². The maximum atomic E-state index is 10.0. The molecule has 2 heteroatoms. The van der Waals surface area contributed by atoms with Gasteiger partial charge in [0.05, 0.1) is 17.6 Å². The van der Waals surface area contributed by atoms with Crippen LogP contribution in [0.25, 0.3) is 0 Å². The summed E-state index contributed by atoms with van der Waals surface area (Å²) in [5.74, 6) is 0. The predicted octanol–water partition coefficient (Wildman–Crippen LogP) is 4.18. The first-order valence-corrected chi connectivity index (χ1v) is 7.34. The van der Waals surface area contributed by atoms with Crippen LogP contribution in [0, 0.1) is 16.7 Å². The lowest BCUT2D eigenvalue weighted by atomic mass is 9.65. The first-order valence-electron chi connectivity index (χ1n) is 7.34. The average molecular weight is 237 g/mol. The van der Waals surface area contributed by atoms with Crippen LogP contribution in [0.4, 0.5) is 0 Å². The van der Waals surface area contributed by atoms with Crippen LogP contribution >= 0.6 is 0 Å². The van der Waals surface area contributed by atoms with Gasteiger partial charge in [0.15, 0.2) is 0 Å². The summed E-state index contributed by atoms with van der Waals surface area (Å²) in [6, 6.07) is 2.33. The van der Waals surface area contributed by atoms with Gasteiger partial charge in [-0.2, -0.15) is 5.26 Å². The Labute approximate surface area is 106 Å². The molecule has 1 saturated carbocycles. The molecule has 1 atom stereocenters. The maximum Gasteiger partial charge on any atom is 0.0832 e. The summed E-state index contributed by atoms with van der Waals surface area (Å²) in [5.41, 5.74) is -0.373. The van der Waals surface area contributed by atoms with Crippen molar-refractivity contribution in [2.45, 2.75) is 83.7 Å². The van der Waals surface area contributed by atoms with Gasteiger partial charge in [-0.1, -0.05) is 58.3 Å². The van der Waals surface area contributed by atoms with E-state index in [-0.39, 0.29) is 11.5 Å². The lowest BCUT2D eigenvalue weighted by molar-refractivity contribution is 0.00250. The minimum absolute atomic E-state index is 0.373. The van der Waals surface area contributed by atoms with Crippen LogP contribution in [0.5, 0.6) is 0 Å². The number of hydrogen-bond donors (Lipinski definition) is 1. The fraction of sp³-hybridized carbons (Fsp3) is 0.933. The van der Waals surface area contributed by atoms with Gasteiger partial charge in [-0.25, -0.2) is 0 Å². The Morgan fingerprint density at radius 3 is 2.18 bits per heavy atom. The van der Waals surface area contributed by atoms with Gasteiger partial charge in [-0.05, 0) is 19.3 Å². The SMILES string of the molecule is CCCCCCCCCC(O)C1(C#N)CCC1. The van der Waals surface area contributed by atoms with Crippen LogP contribution in [0.2, 0.25) is 0 Å². The minimum Gasteiger partial charge on any atom is -0.391 e. The Bertz CT molecular complexity index is 240. The van der Waals surface area contributed by atoms with Crippen LogP contribution in [0.1, 0.15) is 77.6 Å². The van der Waals surface area contributed by atoms with E-state index in [2.05, 4.69) is 13.0 Å². The summed E-state index contributed by atoms with van der Waals surface area (Å²) in [7, 11) is 0. The molecule has 2 nitrogen and oxygen atoms in total. The maximum absolute atomic E-state index is 10.0. The summed E-state index contributed by atoms with van der Waals surface area (Å²) >= 11 is 0. The van der Waals surface area contributed by atoms with Crippen molar-refractivity contribution in [1.82, 2.24) is 0 Å². The van der Waals surface area contributed by atoms with Gasteiger partial charge in [0.1, 0.15) is 0 Å². The summed E-state index contributed by atoms with van der Waals surface area (Å²) in [6.07, 6.45) is 12.3. The number of aliphatic hydroxyl groups is 1. The number of aliphatic hydroxyl groups excluding tert-OH is 1. The zero-order chi connectivity index (χ0) is 12.6. The van der Waals surface area contributed by atoms with Gasteiger partial charge in [0.2, 0.25) is 0 Å². The van der Waals surface area contributed by atoms with Crippen molar-refractivity contribution in [3.8, 4) is 6.07 Å². The van der Waals surface area contributed by atoms with Crippen molar-refractivity contribution in [2.75, 3.05) is 0 Å². The number of unbranched alkanes of at least 4 members (excludes halogenated alkanes) is 6. The first kappa shape index (κ1) is 14.5. The molecule has 0 radical (unpaired) electrons. The molecule has 1 N–H and O–H groups in total. The van der Waals surface area contributed by atoms with Crippen LogP contribution in [-0.2, 0) is 0 Å². The molecule has 0 spiro atoms. The molecule has 1 aliphatic rings. The van der Waals surface area contributed by atoms with Crippen LogP contribution < -0.4 is 0 Å². The zero-order valence-electron chi connectivity index (χ0n) is 11.2. The molecule has 0 aromatic heterocycles. The Kier molecular flexibility index (Phi) is 6.58. The Balaban J connectivity index is 2.01. The van der Waals surface area contributed by atoms with Gasteiger partial charge in [-0.3, -0.25) is 0 Å². The van der Waals surface area contributed by atoms with E-state index in [1.807, 2.05) is 0 Å². The number of nitriles is 1. The molecule has 1 aliphatic carbocycles. The van der Waals surface area contributed by atoms with E-state index >= 15 is 0 Å². The molecule has 1 fully saturated rings. The van der Waals surface area contributed by atoms with E-state index in [4.69, 9.17) is 5.26 Å². The molecule has 0 aromatic carbocycles. The topological polar surface area (TPSA) is 44.0 Å². The van der Waals surface area contributed by atoms with Crippen molar-refractivity contribution < 1.29 is 5.11 Å². The molecule has 1 rings (SSSR count). The zero-order valence-corrected chi connectivity index (χ0v) is 11.2. The van der Waals surface area contributed by atoms with E-state index in [1.165, 1.54) is 38.5 Å². The molecular formula is C15H27NO. The van der Waals surface area contributed by atoms with Crippen molar-refractivity contribution >= 4 is 0 Å². The molecule has 17 heavy (non-hydrogen) atoms. The molecule has 98 valence electrons. The molecule has 0 bridgehead atoms. The highest BCUT2D eigenvalue weighted by atomic mass is 16.3. The third-order valence-corrected chi connectivity index (χ3v) is 4.19. The fourth-order valence-corrected chi connectivity index (χ4v) is 2.65. The highest BCUT2D eigenvalue weighted by Crippen LogP contribution is 2.44. The quantitative estimate of drug-likeness (QED) is 0.611. The van der Waals surface area contributed by atoms with Crippen LogP contribution in [0.15, 0.2) is 0 Å². The second-order valence-corrected chi connectivity index (χ2v) is 5.55. The molecule has 1 unspecified atom stereocenters. The van der Waals surface area contributed by atoms with Gasteiger partial charge in [-0.15, -0.1) is 0 Å². The Morgan fingerprint density at radius 1 is 1.12 bits per heavy atom. The van der Waals surface area contributed by atoms with Crippen LogP contribution in [-0.4, -0.2) is 11.2 Å². The average Bonchev–Trinajstić information content (AvgIpc) is 2.27. The lowest BCUT2D eigenvalue weighted by Gasteiger charge is -2.39. The predicted molar refractivity (Wildman–Crippen MR) is 70.5 cm³/mol. The van der Waals surface area contributed by atoms with Gasteiger partial charge >= 0.3 is 0 Å². The Hall–Kier alpha value is -0.550. The normalized spacial score (nSPS) is 19.4.